The summed E-state index contributed by atoms with van der Waals surface area (Å²) in [5.74, 6) is 0. The summed E-state index contributed by atoms with van der Waals surface area (Å²) in [6.45, 7) is 1.93. The molecule has 1 aliphatic rings. The third-order valence-electron chi connectivity index (χ3n) is 3.92. The average molecular weight is 371 g/mol. The monoisotopic (exact) mass is 369 g/mol. The van der Waals surface area contributed by atoms with Crippen LogP contribution >= 0.6 is 39.1 Å². The van der Waals surface area contributed by atoms with Gasteiger partial charge in [-0.05, 0) is 35.7 Å². The second kappa shape index (κ2) is 5.69. The number of nitrogens with one attached hydrogen (secondary N) is 1. The Balaban J connectivity index is 1.96. The summed E-state index contributed by atoms with van der Waals surface area (Å²) < 4.78 is 1.11. The molecule has 0 atom stereocenters. The predicted molar refractivity (Wildman–Crippen MR) is 88.9 cm³/mol. The molecule has 104 valence electrons. The molecule has 20 heavy (non-hydrogen) atoms. The minimum atomic E-state index is 0.109. The molecule has 1 nitrogen and oxygen atoms in total. The first-order valence-corrected chi connectivity index (χ1v) is 8.05. The van der Waals surface area contributed by atoms with E-state index in [4.69, 9.17) is 23.2 Å². The smallest absolute Gasteiger partial charge is 0.0624 e. The van der Waals surface area contributed by atoms with Gasteiger partial charge in [0, 0.05) is 23.0 Å². The van der Waals surface area contributed by atoms with Gasteiger partial charge in [0.25, 0.3) is 0 Å². The van der Waals surface area contributed by atoms with Crippen molar-refractivity contribution in [3.8, 4) is 0 Å². The fourth-order valence-electron chi connectivity index (χ4n) is 2.73. The summed E-state index contributed by atoms with van der Waals surface area (Å²) in [5, 5.41) is 4.69. The van der Waals surface area contributed by atoms with Gasteiger partial charge in [0.15, 0.2) is 0 Å². The Hall–Kier alpha value is -0.540. The summed E-state index contributed by atoms with van der Waals surface area (Å²) in [5.41, 5.74) is 2.56. The third-order valence-corrected chi connectivity index (χ3v) is 5.28. The molecular formula is C16H14BrCl2N. The van der Waals surface area contributed by atoms with Gasteiger partial charge in [-0.25, -0.2) is 0 Å². The molecule has 1 heterocycles. The molecular weight excluding hydrogens is 357 g/mol. The van der Waals surface area contributed by atoms with Crippen LogP contribution in [0.3, 0.4) is 0 Å². The first kappa shape index (κ1) is 14.4. The van der Waals surface area contributed by atoms with E-state index in [1.165, 1.54) is 5.56 Å². The van der Waals surface area contributed by atoms with E-state index in [9.17, 15) is 0 Å². The summed E-state index contributed by atoms with van der Waals surface area (Å²) in [6, 6.07) is 14.4. The molecule has 2 aromatic carbocycles. The zero-order valence-electron chi connectivity index (χ0n) is 10.8. The van der Waals surface area contributed by atoms with Gasteiger partial charge in [-0.15, -0.1) is 0 Å². The van der Waals surface area contributed by atoms with Crippen LogP contribution in [0.25, 0.3) is 0 Å². The van der Waals surface area contributed by atoms with E-state index in [1.807, 2.05) is 12.1 Å². The summed E-state index contributed by atoms with van der Waals surface area (Å²) in [4.78, 5) is 0. The highest BCUT2D eigenvalue weighted by Crippen LogP contribution is 2.37. The molecule has 0 aromatic heterocycles. The van der Waals surface area contributed by atoms with Crippen molar-refractivity contribution in [2.45, 2.75) is 11.8 Å². The molecule has 1 saturated heterocycles. The van der Waals surface area contributed by atoms with Crippen molar-refractivity contribution in [1.82, 2.24) is 5.32 Å². The topological polar surface area (TPSA) is 12.0 Å². The van der Waals surface area contributed by atoms with Crippen molar-refractivity contribution in [1.29, 1.82) is 0 Å². The van der Waals surface area contributed by atoms with Gasteiger partial charge in [-0.3, -0.25) is 0 Å². The standard InChI is InChI=1S/C16H14BrCl2N/c17-13-5-2-4-12(7-13)16(9-20-10-16)8-11-3-1-6-14(18)15(11)19/h1-7,20H,8-10H2. The average Bonchev–Trinajstić information content (AvgIpc) is 2.38. The lowest BCUT2D eigenvalue weighted by Gasteiger charge is -2.44. The Labute approximate surface area is 137 Å². The first-order chi connectivity index (χ1) is 9.61. The molecule has 1 aliphatic heterocycles. The molecule has 1 fully saturated rings. The predicted octanol–water partition coefficient (Wildman–Crippen LogP) is 4.84. The van der Waals surface area contributed by atoms with Crippen molar-refractivity contribution in [2.75, 3.05) is 13.1 Å². The second-order valence-corrected chi connectivity index (χ2v) is 6.98. The molecule has 2 aromatic rings. The van der Waals surface area contributed by atoms with Crippen molar-refractivity contribution >= 4 is 39.1 Å². The quantitative estimate of drug-likeness (QED) is 0.815. The van der Waals surface area contributed by atoms with E-state index in [-0.39, 0.29) is 5.41 Å². The molecule has 0 amide bonds. The van der Waals surface area contributed by atoms with E-state index < -0.39 is 0 Å². The minimum Gasteiger partial charge on any atom is -0.315 e. The maximum absolute atomic E-state index is 6.34. The minimum absolute atomic E-state index is 0.109. The van der Waals surface area contributed by atoms with Gasteiger partial charge < -0.3 is 5.32 Å². The van der Waals surface area contributed by atoms with Crippen LogP contribution in [0.2, 0.25) is 10.0 Å². The zero-order valence-corrected chi connectivity index (χ0v) is 13.9. The van der Waals surface area contributed by atoms with Gasteiger partial charge >= 0.3 is 0 Å². The third kappa shape index (κ3) is 2.62. The molecule has 0 saturated carbocycles. The van der Waals surface area contributed by atoms with Gasteiger partial charge in [0.2, 0.25) is 0 Å². The van der Waals surface area contributed by atoms with Crippen LogP contribution in [0, 0.1) is 0 Å². The Kier molecular flexibility index (Phi) is 4.09. The highest BCUT2D eigenvalue weighted by Gasteiger charge is 2.39. The van der Waals surface area contributed by atoms with Crippen LogP contribution in [-0.4, -0.2) is 13.1 Å². The highest BCUT2D eigenvalue weighted by atomic mass is 79.9. The number of benzene rings is 2. The van der Waals surface area contributed by atoms with Crippen LogP contribution in [0.15, 0.2) is 46.9 Å². The van der Waals surface area contributed by atoms with Crippen LogP contribution < -0.4 is 5.32 Å². The Morgan fingerprint density at radius 3 is 2.50 bits per heavy atom. The number of rotatable bonds is 3. The first-order valence-electron chi connectivity index (χ1n) is 6.50. The maximum Gasteiger partial charge on any atom is 0.0624 e. The zero-order chi connectivity index (χ0) is 14.2. The lowest BCUT2D eigenvalue weighted by Crippen LogP contribution is -2.58. The number of hydrogen-bond donors (Lipinski definition) is 1. The van der Waals surface area contributed by atoms with Crippen molar-refractivity contribution in [2.24, 2.45) is 0 Å². The van der Waals surface area contributed by atoms with E-state index in [2.05, 4.69) is 51.6 Å². The second-order valence-electron chi connectivity index (χ2n) is 5.28. The Morgan fingerprint density at radius 1 is 1.10 bits per heavy atom. The maximum atomic E-state index is 6.34. The fourth-order valence-corrected chi connectivity index (χ4v) is 3.51. The van der Waals surface area contributed by atoms with Crippen molar-refractivity contribution in [3.63, 3.8) is 0 Å². The molecule has 1 N–H and O–H groups in total. The molecule has 0 radical (unpaired) electrons. The van der Waals surface area contributed by atoms with E-state index in [0.717, 1.165) is 29.5 Å². The normalized spacial score (nSPS) is 16.8. The highest BCUT2D eigenvalue weighted by molar-refractivity contribution is 9.10. The molecule has 0 spiro atoms. The van der Waals surface area contributed by atoms with Crippen LogP contribution in [0.5, 0.6) is 0 Å². The molecule has 0 bridgehead atoms. The molecule has 0 unspecified atom stereocenters. The van der Waals surface area contributed by atoms with E-state index in [0.29, 0.717) is 10.0 Å². The number of hydrogen-bond acceptors (Lipinski definition) is 1. The lowest BCUT2D eigenvalue weighted by molar-refractivity contribution is 0.274. The van der Waals surface area contributed by atoms with Crippen LogP contribution in [0.4, 0.5) is 0 Å². The summed E-state index contributed by atoms with van der Waals surface area (Å²) in [7, 11) is 0. The van der Waals surface area contributed by atoms with Crippen molar-refractivity contribution in [3.05, 3.63) is 68.1 Å². The van der Waals surface area contributed by atoms with Gasteiger partial charge in [-0.2, -0.15) is 0 Å². The SMILES string of the molecule is Clc1cccc(CC2(c3cccc(Br)c3)CNC2)c1Cl. The molecule has 4 heteroatoms. The van der Waals surface area contributed by atoms with Gasteiger partial charge in [0.05, 0.1) is 10.0 Å². The lowest BCUT2D eigenvalue weighted by atomic mass is 9.71. The van der Waals surface area contributed by atoms with Crippen molar-refractivity contribution < 1.29 is 0 Å². The molecule has 3 rings (SSSR count). The summed E-state index contributed by atoms with van der Waals surface area (Å²) in [6.07, 6.45) is 0.899. The largest absolute Gasteiger partial charge is 0.315 e. The van der Waals surface area contributed by atoms with Gasteiger partial charge in [-0.1, -0.05) is 63.4 Å². The Bertz CT molecular complexity index is 638. The summed E-state index contributed by atoms with van der Waals surface area (Å²) >= 11 is 16.0. The van der Waals surface area contributed by atoms with Crippen LogP contribution in [-0.2, 0) is 11.8 Å². The van der Waals surface area contributed by atoms with Gasteiger partial charge in [0.1, 0.15) is 0 Å². The molecule has 0 aliphatic carbocycles. The Morgan fingerprint density at radius 2 is 1.85 bits per heavy atom. The van der Waals surface area contributed by atoms with E-state index >= 15 is 0 Å². The van der Waals surface area contributed by atoms with E-state index in [1.54, 1.807) is 0 Å². The fraction of sp³-hybridized carbons (Fsp3) is 0.250. The van der Waals surface area contributed by atoms with Crippen LogP contribution in [0.1, 0.15) is 11.1 Å². The number of halogens is 3.